The Morgan fingerprint density at radius 3 is 1.33 bits per heavy atom. The van der Waals surface area contributed by atoms with Gasteiger partial charge in [0.05, 0.1) is 0 Å². The number of hydrogen-bond acceptors (Lipinski definition) is 0. The van der Waals surface area contributed by atoms with Gasteiger partial charge >= 0.3 is 0 Å². The summed E-state index contributed by atoms with van der Waals surface area (Å²) in [5, 5.41) is 2.09. The number of alkyl halides is 2. The minimum absolute atomic E-state index is 1.05. The second-order valence-corrected chi connectivity index (χ2v) is 4.28. The molecule has 0 amide bonds. The van der Waals surface area contributed by atoms with E-state index in [0.29, 0.717) is 0 Å². The van der Waals surface area contributed by atoms with Gasteiger partial charge in [-0.3, -0.25) is 0 Å². The normalized spacial score (nSPS) is 10.2. The van der Waals surface area contributed by atoms with Gasteiger partial charge in [-0.25, -0.2) is 0 Å². The third-order valence-electron chi connectivity index (χ3n) is 1.79. The van der Waals surface area contributed by atoms with E-state index < -0.39 is 0 Å². The van der Waals surface area contributed by atoms with Crippen molar-refractivity contribution >= 4 is 31.9 Å². The van der Waals surface area contributed by atoms with Crippen molar-refractivity contribution in [2.45, 2.75) is 12.8 Å². The number of rotatable bonds is 4. The first-order valence-electron chi connectivity index (χ1n) is 4.06. The zero-order valence-electron chi connectivity index (χ0n) is 6.89. The molecule has 0 heterocycles. The summed E-state index contributed by atoms with van der Waals surface area (Å²) in [7, 11) is 0. The van der Waals surface area contributed by atoms with Crippen LogP contribution in [0.15, 0.2) is 24.3 Å². The van der Waals surface area contributed by atoms with Crippen LogP contribution >= 0.6 is 31.9 Å². The molecule has 0 N–H and O–H groups in total. The van der Waals surface area contributed by atoms with Crippen LogP contribution in [0.2, 0.25) is 0 Å². The smallest absolute Gasteiger partial charge is 0.00718 e. The van der Waals surface area contributed by atoms with Crippen molar-refractivity contribution in [1.82, 2.24) is 0 Å². The predicted molar refractivity (Wildman–Crippen MR) is 61.4 cm³/mol. The highest BCUT2D eigenvalue weighted by Crippen LogP contribution is 2.07. The molecule has 1 aromatic carbocycles. The molecule has 0 nitrogen and oxygen atoms in total. The highest BCUT2D eigenvalue weighted by Gasteiger charge is 1.93. The average Bonchev–Trinajstić information content (AvgIpc) is 2.09. The van der Waals surface area contributed by atoms with Gasteiger partial charge in [0, 0.05) is 10.7 Å². The van der Waals surface area contributed by atoms with Crippen LogP contribution in [0, 0.1) is 0 Å². The van der Waals surface area contributed by atoms with Crippen molar-refractivity contribution in [2.24, 2.45) is 0 Å². The van der Waals surface area contributed by atoms with Gasteiger partial charge in [-0.1, -0.05) is 56.1 Å². The first-order chi connectivity index (χ1) is 5.86. The van der Waals surface area contributed by atoms with Gasteiger partial charge in [0.2, 0.25) is 0 Å². The molecule has 0 aliphatic rings. The quantitative estimate of drug-likeness (QED) is 0.744. The maximum absolute atomic E-state index is 3.43. The standard InChI is InChI=1S/C10H12Br2/c11-7-5-9-1-2-10(4-3-9)6-8-12/h1-4H,5-8H2. The first-order valence-corrected chi connectivity index (χ1v) is 6.31. The molecule has 0 bridgehead atoms. The topological polar surface area (TPSA) is 0 Å². The summed E-state index contributed by atoms with van der Waals surface area (Å²) in [5.41, 5.74) is 2.82. The lowest BCUT2D eigenvalue weighted by Crippen LogP contribution is -1.88. The third kappa shape index (κ3) is 3.28. The summed E-state index contributed by atoms with van der Waals surface area (Å²) in [6.45, 7) is 0. The molecule has 0 fully saturated rings. The Labute approximate surface area is 90.6 Å². The summed E-state index contributed by atoms with van der Waals surface area (Å²) >= 11 is 6.86. The highest BCUT2D eigenvalue weighted by molar-refractivity contribution is 9.09. The van der Waals surface area contributed by atoms with Crippen LogP contribution in [0.5, 0.6) is 0 Å². The summed E-state index contributed by atoms with van der Waals surface area (Å²) in [6, 6.07) is 8.83. The Morgan fingerprint density at radius 2 is 1.08 bits per heavy atom. The van der Waals surface area contributed by atoms with Gasteiger partial charge in [0.25, 0.3) is 0 Å². The maximum atomic E-state index is 3.43. The van der Waals surface area contributed by atoms with E-state index in [1.165, 1.54) is 11.1 Å². The summed E-state index contributed by atoms with van der Waals surface area (Å²) in [4.78, 5) is 0. The second-order valence-electron chi connectivity index (χ2n) is 2.69. The minimum Gasteiger partial charge on any atom is -0.0924 e. The van der Waals surface area contributed by atoms with Crippen LogP contribution in [-0.2, 0) is 12.8 Å². The zero-order valence-corrected chi connectivity index (χ0v) is 10.1. The van der Waals surface area contributed by atoms with E-state index in [4.69, 9.17) is 0 Å². The first kappa shape index (κ1) is 10.3. The van der Waals surface area contributed by atoms with Gasteiger partial charge in [0.15, 0.2) is 0 Å². The Balaban J connectivity index is 2.58. The molecule has 66 valence electrons. The molecule has 0 aromatic heterocycles. The fourth-order valence-electron chi connectivity index (χ4n) is 1.09. The Hall–Kier alpha value is 0.180. The van der Waals surface area contributed by atoms with Crippen molar-refractivity contribution in [3.05, 3.63) is 35.4 Å². The van der Waals surface area contributed by atoms with Crippen LogP contribution in [0.4, 0.5) is 0 Å². The van der Waals surface area contributed by atoms with E-state index in [-0.39, 0.29) is 0 Å². The molecule has 12 heavy (non-hydrogen) atoms. The zero-order chi connectivity index (χ0) is 8.81. The molecule has 0 saturated carbocycles. The molecule has 2 heteroatoms. The summed E-state index contributed by atoms with van der Waals surface area (Å²) < 4.78 is 0. The molecule has 1 aromatic rings. The van der Waals surface area contributed by atoms with Crippen molar-refractivity contribution < 1.29 is 0 Å². The van der Waals surface area contributed by atoms with E-state index in [1.54, 1.807) is 0 Å². The van der Waals surface area contributed by atoms with Crippen LogP contribution in [0.25, 0.3) is 0 Å². The third-order valence-corrected chi connectivity index (χ3v) is 2.58. The summed E-state index contributed by atoms with van der Waals surface area (Å²) in [6.07, 6.45) is 2.24. The van der Waals surface area contributed by atoms with Gasteiger partial charge in [-0.05, 0) is 24.0 Å². The molecule has 0 aliphatic carbocycles. The molecule has 1 rings (SSSR count). The van der Waals surface area contributed by atoms with Crippen LogP contribution in [0.3, 0.4) is 0 Å². The average molecular weight is 292 g/mol. The lowest BCUT2D eigenvalue weighted by Gasteiger charge is -2.00. The maximum Gasteiger partial charge on any atom is 0.00718 e. The molecule has 0 radical (unpaired) electrons. The van der Waals surface area contributed by atoms with Gasteiger partial charge in [0.1, 0.15) is 0 Å². The van der Waals surface area contributed by atoms with Crippen LogP contribution in [-0.4, -0.2) is 10.7 Å². The number of hydrogen-bond donors (Lipinski definition) is 0. The minimum atomic E-state index is 1.05. The number of aryl methyl sites for hydroxylation is 2. The molecule has 0 atom stereocenters. The molecular formula is C10H12Br2. The van der Waals surface area contributed by atoms with Crippen molar-refractivity contribution in [2.75, 3.05) is 10.7 Å². The SMILES string of the molecule is BrCCc1ccc(CCBr)cc1. The van der Waals surface area contributed by atoms with Crippen molar-refractivity contribution in [3.63, 3.8) is 0 Å². The van der Waals surface area contributed by atoms with Crippen molar-refractivity contribution in [1.29, 1.82) is 0 Å². The largest absolute Gasteiger partial charge is 0.0924 e. The number of halogens is 2. The lowest BCUT2D eigenvalue weighted by molar-refractivity contribution is 1.13. The highest BCUT2D eigenvalue weighted by atomic mass is 79.9. The fourth-order valence-corrected chi connectivity index (χ4v) is 2.01. The molecule has 0 unspecified atom stereocenters. The molecule has 0 spiro atoms. The van der Waals surface area contributed by atoms with E-state index in [9.17, 15) is 0 Å². The van der Waals surface area contributed by atoms with Crippen LogP contribution < -0.4 is 0 Å². The molecule has 0 aliphatic heterocycles. The van der Waals surface area contributed by atoms with E-state index in [1.807, 2.05) is 0 Å². The number of benzene rings is 1. The fraction of sp³-hybridized carbons (Fsp3) is 0.400. The van der Waals surface area contributed by atoms with Gasteiger partial charge < -0.3 is 0 Å². The van der Waals surface area contributed by atoms with Crippen molar-refractivity contribution in [3.8, 4) is 0 Å². The lowest BCUT2D eigenvalue weighted by atomic mass is 10.1. The molecule has 0 saturated heterocycles. The Bertz CT molecular complexity index is 191. The Kier molecular flexibility index (Phi) is 4.93. The summed E-state index contributed by atoms with van der Waals surface area (Å²) in [5.74, 6) is 0. The van der Waals surface area contributed by atoms with Gasteiger partial charge in [-0.15, -0.1) is 0 Å². The van der Waals surface area contributed by atoms with Crippen LogP contribution in [0.1, 0.15) is 11.1 Å². The second kappa shape index (κ2) is 5.76. The monoisotopic (exact) mass is 290 g/mol. The van der Waals surface area contributed by atoms with E-state index >= 15 is 0 Å². The Morgan fingerprint density at radius 1 is 0.750 bits per heavy atom. The van der Waals surface area contributed by atoms with E-state index in [0.717, 1.165) is 23.5 Å². The van der Waals surface area contributed by atoms with E-state index in [2.05, 4.69) is 56.1 Å². The molecular weight excluding hydrogens is 280 g/mol. The van der Waals surface area contributed by atoms with Gasteiger partial charge in [-0.2, -0.15) is 0 Å². The predicted octanol–water partition coefficient (Wildman–Crippen LogP) is 3.56.